The van der Waals surface area contributed by atoms with E-state index in [9.17, 15) is 0 Å². The molecule has 0 unspecified atom stereocenters. The maximum atomic E-state index is 4.78. The molecule has 2 heterocycles. The number of aliphatic imine (C=N–C) groups is 1. The van der Waals surface area contributed by atoms with Gasteiger partial charge in [-0.1, -0.05) is 19.8 Å². The first-order valence-electron chi connectivity index (χ1n) is 10.7. The van der Waals surface area contributed by atoms with Crippen LogP contribution in [0.4, 0.5) is 0 Å². The lowest BCUT2D eigenvalue weighted by atomic mass is 9.99. The lowest BCUT2D eigenvalue weighted by molar-refractivity contribution is 0.191. The molecule has 1 aromatic heterocycles. The number of aryl methyl sites for hydroxylation is 1. The first-order valence-corrected chi connectivity index (χ1v) is 10.7. The van der Waals surface area contributed by atoms with E-state index in [1.54, 1.807) is 0 Å². The summed E-state index contributed by atoms with van der Waals surface area (Å²) in [5.41, 5.74) is 0. The Balaban J connectivity index is 0.00000280. The minimum atomic E-state index is 0. The fourth-order valence-electron chi connectivity index (χ4n) is 3.95. The van der Waals surface area contributed by atoms with Crippen LogP contribution in [0, 0.1) is 12.8 Å². The Labute approximate surface area is 187 Å². The molecule has 8 heteroatoms. The highest BCUT2D eigenvalue weighted by Crippen LogP contribution is 2.17. The Morgan fingerprint density at radius 3 is 2.50 bits per heavy atom. The fraction of sp³-hybridized carbons (Fsp3) is 0.850. The monoisotopic (exact) mass is 503 g/mol. The summed E-state index contributed by atoms with van der Waals surface area (Å²) in [6, 6.07) is 0.557. The van der Waals surface area contributed by atoms with E-state index in [1.165, 1.54) is 58.2 Å². The van der Waals surface area contributed by atoms with Crippen LogP contribution >= 0.6 is 24.0 Å². The molecule has 160 valence electrons. The number of piperidine rings is 1. The number of nitrogens with zero attached hydrogens (tertiary/aromatic N) is 5. The molecule has 1 aliphatic heterocycles. The predicted octanol–water partition coefficient (Wildman–Crippen LogP) is 2.84. The number of aromatic nitrogens is 3. The third-order valence-corrected chi connectivity index (χ3v) is 6.08. The van der Waals surface area contributed by atoms with E-state index in [0.717, 1.165) is 36.5 Å². The van der Waals surface area contributed by atoms with E-state index in [2.05, 4.69) is 32.7 Å². The molecular formula is C20H38IN7. The van der Waals surface area contributed by atoms with Gasteiger partial charge in [-0.2, -0.15) is 0 Å². The third kappa shape index (κ3) is 7.17. The lowest BCUT2D eigenvalue weighted by Crippen LogP contribution is -2.43. The van der Waals surface area contributed by atoms with Crippen LogP contribution in [0.3, 0.4) is 0 Å². The number of rotatable bonds is 7. The molecule has 1 saturated carbocycles. The minimum Gasteiger partial charge on any atom is -0.356 e. The zero-order valence-electron chi connectivity index (χ0n) is 17.8. The van der Waals surface area contributed by atoms with Gasteiger partial charge in [0, 0.05) is 19.6 Å². The van der Waals surface area contributed by atoms with Gasteiger partial charge < -0.3 is 20.1 Å². The number of halogens is 1. The Bertz CT molecular complexity index is 602. The third-order valence-electron chi connectivity index (χ3n) is 6.08. The van der Waals surface area contributed by atoms with Crippen LogP contribution in [-0.4, -0.2) is 57.8 Å². The number of likely N-dealkylation sites (tertiary alicyclic amines) is 1. The van der Waals surface area contributed by atoms with Gasteiger partial charge in [-0.05, 0) is 64.6 Å². The van der Waals surface area contributed by atoms with E-state index < -0.39 is 0 Å². The van der Waals surface area contributed by atoms with Crippen molar-refractivity contribution in [2.75, 3.05) is 26.2 Å². The molecule has 2 fully saturated rings. The minimum absolute atomic E-state index is 0. The molecule has 3 rings (SSSR count). The summed E-state index contributed by atoms with van der Waals surface area (Å²) < 4.78 is 2.01. The van der Waals surface area contributed by atoms with E-state index in [4.69, 9.17) is 4.99 Å². The summed E-state index contributed by atoms with van der Waals surface area (Å²) in [7, 11) is 2.00. The second-order valence-corrected chi connectivity index (χ2v) is 8.32. The van der Waals surface area contributed by atoms with Gasteiger partial charge in [0.2, 0.25) is 0 Å². The average Bonchev–Trinajstić information content (AvgIpc) is 3.29. The molecule has 1 saturated heterocycles. The summed E-state index contributed by atoms with van der Waals surface area (Å²) in [6.07, 6.45) is 8.98. The van der Waals surface area contributed by atoms with E-state index >= 15 is 0 Å². The van der Waals surface area contributed by atoms with Gasteiger partial charge >= 0.3 is 0 Å². The maximum absolute atomic E-state index is 4.78. The molecule has 0 aromatic carbocycles. The molecule has 2 N–H and O–H groups in total. The van der Waals surface area contributed by atoms with Gasteiger partial charge in [0.05, 0.1) is 0 Å². The second-order valence-electron chi connectivity index (χ2n) is 8.32. The van der Waals surface area contributed by atoms with Crippen molar-refractivity contribution in [3.05, 3.63) is 11.6 Å². The van der Waals surface area contributed by atoms with Gasteiger partial charge in [0.1, 0.15) is 12.4 Å². The van der Waals surface area contributed by atoms with E-state index in [0.29, 0.717) is 12.6 Å². The summed E-state index contributed by atoms with van der Waals surface area (Å²) in [4.78, 5) is 7.39. The van der Waals surface area contributed by atoms with Crippen molar-refractivity contribution >= 4 is 29.9 Å². The standard InChI is InChI=1S/C20H37N7.HI/c1-16-9-13-27(14-10-16)12-6-11-21-20(23-18-7-4-5-8-18)22-15-19-25-24-17(2)26(19)3;/h16,18H,4-15H2,1-3H3,(H2,21,22,23);1H. The van der Waals surface area contributed by atoms with Gasteiger partial charge in [0.25, 0.3) is 0 Å². The van der Waals surface area contributed by atoms with Crippen LogP contribution in [0.5, 0.6) is 0 Å². The first kappa shape index (κ1) is 23.4. The van der Waals surface area contributed by atoms with Crippen molar-refractivity contribution in [1.82, 2.24) is 30.3 Å². The van der Waals surface area contributed by atoms with Crippen molar-refractivity contribution in [1.29, 1.82) is 0 Å². The van der Waals surface area contributed by atoms with Crippen molar-refractivity contribution in [3.8, 4) is 0 Å². The molecule has 1 aliphatic carbocycles. The highest BCUT2D eigenvalue weighted by molar-refractivity contribution is 14.0. The van der Waals surface area contributed by atoms with Crippen LogP contribution in [0.2, 0.25) is 0 Å². The van der Waals surface area contributed by atoms with Crippen LogP contribution in [0.15, 0.2) is 4.99 Å². The van der Waals surface area contributed by atoms with E-state index in [1.807, 2.05) is 18.5 Å². The quantitative estimate of drug-likeness (QED) is 0.259. The van der Waals surface area contributed by atoms with Gasteiger partial charge in [-0.25, -0.2) is 4.99 Å². The Morgan fingerprint density at radius 2 is 1.86 bits per heavy atom. The molecule has 7 nitrogen and oxygen atoms in total. The number of hydrogen-bond acceptors (Lipinski definition) is 4. The van der Waals surface area contributed by atoms with Crippen molar-refractivity contribution < 1.29 is 0 Å². The highest BCUT2D eigenvalue weighted by Gasteiger charge is 2.17. The summed E-state index contributed by atoms with van der Waals surface area (Å²) in [5.74, 6) is 3.66. The molecule has 0 atom stereocenters. The number of hydrogen-bond donors (Lipinski definition) is 2. The molecule has 1 aromatic rings. The van der Waals surface area contributed by atoms with E-state index in [-0.39, 0.29) is 24.0 Å². The van der Waals surface area contributed by atoms with Crippen LogP contribution in [0.25, 0.3) is 0 Å². The Kier molecular flexibility index (Phi) is 9.98. The smallest absolute Gasteiger partial charge is 0.191 e. The molecule has 28 heavy (non-hydrogen) atoms. The van der Waals surface area contributed by atoms with Crippen molar-refractivity contribution in [2.45, 2.75) is 71.4 Å². The topological polar surface area (TPSA) is 70.4 Å². The zero-order valence-corrected chi connectivity index (χ0v) is 20.1. The first-order chi connectivity index (χ1) is 13.1. The summed E-state index contributed by atoms with van der Waals surface area (Å²) in [5, 5.41) is 15.5. The van der Waals surface area contributed by atoms with Crippen LogP contribution in [-0.2, 0) is 13.6 Å². The molecule has 0 amide bonds. The fourth-order valence-corrected chi connectivity index (χ4v) is 3.95. The number of nitrogens with one attached hydrogen (secondary N) is 2. The Hall–Kier alpha value is -0.900. The average molecular weight is 503 g/mol. The zero-order chi connectivity index (χ0) is 19.1. The largest absolute Gasteiger partial charge is 0.356 e. The van der Waals surface area contributed by atoms with Crippen molar-refractivity contribution in [2.24, 2.45) is 18.0 Å². The summed E-state index contributed by atoms with van der Waals surface area (Å²) >= 11 is 0. The van der Waals surface area contributed by atoms with Gasteiger partial charge in [-0.3, -0.25) is 0 Å². The predicted molar refractivity (Wildman–Crippen MR) is 125 cm³/mol. The summed E-state index contributed by atoms with van der Waals surface area (Å²) in [6.45, 7) is 9.55. The SMILES string of the molecule is Cc1nnc(CN=C(NCCCN2CCC(C)CC2)NC2CCCC2)n1C.I. The Morgan fingerprint density at radius 1 is 1.14 bits per heavy atom. The maximum Gasteiger partial charge on any atom is 0.191 e. The van der Waals surface area contributed by atoms with Gasteiger partial charge in [0.15, 0.2) is 11.8 Å². The number of guanidine groups is 1. The van der Waals surface area contributed by atoms with Gasteiger partial charge in [-0.15, -0.1) is 34.2 Å². The lowest BCUT2D eigenvalue weighted by Gasteiger charge is -2.30. The molecule has 2 aliphatic rings. The molecule has 0 spiro atoms. The van der Waals surface area contributed by atoms with Crippen molar-refractivity contribution in [3.63, 3.8) is 0 Å². The van der Waals surface area contributed by atoms with Crippen LogP contribution < -0.4 is 10.6 Å². The normalized spacial score (nSPS) is 19.6. The highest BCUT2D eigenvalue weighted by atomic mass is 127. The molecular weight excluding hydrogens is 465 g/mol. The molecule has 0 radical (unpaired) electrons. The van der Waals surface area contributed by atoms with Crippen LogP contribution in [0.1, 0.15) is 63.5 Å². The molecule has 0 bridgehead atoms. The second kappa shape index (κ2) is 11.9.